The Hall–Kier alpha value is -1.13. The summed E-state index contributed by atoms with van der Waals surface area (Å²) in [7, 11) is 0. The van der Waals surface area contributed by atoms with E-state index in [0.29, 0.717) is 44.0 Å². The highest BCUT2D eigenvalue weighted by molar-refractivity contribution is 8.13. The van der Waals surface area contributed by atoms with Crippen molar-refractivity contribution in [1.29, 1.82) is 0 Å². The quantitative estimate of drug-likeness (QED) is 0.555. The van der Waals surface area contributed by atoms with E-state index in [1.54, 1.807) is 0 Å². The summed E-state index contributed by atoms with van der Waals surface area (Å²) in [6, 6.07) is -0.763. The Morgan fingerprint density at radius 1 is 1.35 bits per heavy atom. The lowest BCUT2D eigenvalue weighted by Crippen LogP contribution is -2.40. The lowest BCUT2D eigenvalue weighted by Gasteiger charge is -2.19. The SMILES string of the molecule is NC1(C(=O)SCC(C(=O)OC(=O)[C@@H]2CCCN2)C(F)(F)F)CC1. The first-order valence-electron chi connectivity index (χ1n) is 7.15. The molecule has 2 aliphatic rings. The first-order valence-corrected chi connectivity index (χ1v) is 8.14. The molecule has 0 aromatic rings. The molecule has 0 aromatic heterocycles. The minimum Gasteiger partial charge on any atom is -0.391 e. The molecule has 0 spiro atoms. The molecule has 1 aliphatic carbocycles. The van der Waals surface area contributed by atoms with Gasteiger partial charge in [0.15, 0.2) is 5.92 Å². The third kappa shape index (κ3) is 4.67. The van der Waals surface area contributed by atoms with Crippen molar-refractivity contribution in [2.45, 2.75) is 43.4 Å². The molecule has 10 heteroatoms. The van der Waals surface area contributed by atoms with Gasteiger partial charge >= 0.3 is 18.1 Å². The second-order valence-corrected chi connectivity index (χ2v) is 6.73. The van der Waals surface area contributed by atoms with E-state index >= 15 is 0 Å². The first kappa shape index (κ1) is 18.2. The van der Waals surface area contributed by atoms with E-state index in [1.165, 1.54) is 0 Å². The molecule has 23 heavy (non-hydrogen) atoms. The van der Waals surface area contributed by atoms with Crippen molar-refractivity contribution in [3.05, 3.63) is 0 Å². The summed E-state index contributed by atoms with van der Waals surface area (Å²) < 4.78 is 43.3. The van der Waals surface area contributed by atoms with Gasteiger partial charge in [-0.1, -0.05) is 11.8 Å². The molecule has 1 aliphatic heterocycles. The number of alkyl halides is 3. The average molecular weight is 354 g/mol. The number of ether oxygens (including phenoxy) is 1. The molecule has 0 bridgehead atoms. The van der Waals surface area contributed by atoms with Crippen LogP contribution in [0.5, 0.6) is 0 Å². The molecule has 0 aromatic carbocycles. The third-order valence-corrected chi connectivity index (χ3v) is 4.97. The van der Waals surface area contributed by atoms with Gasteiger partial charge in [-0.05, 0) is 32.2 Å². The van der Waals surface area contributed by atoms with Crippen LogP contribution in [0.25, 0.3) is 0 Å². The van der Waals surface area contributed by atoms with Gasteiger partial charge in [0.1, 0.15) is 6.04 Å². The van der Waals surface area contributed by atoms with Gasteiger partial charge in [0, 0.05) is 5.75 Å². The van der Waals surface area contributed by atoms with E-state index in [1.807, 2.05) is 0 Å². The number of rotatable bonds is 5. The van der Waals surface area contributed by atoms with Crippen molar-refractivity contribution in [2.24, 2.45) is 11.7 Å². The van der Waals surface area contributed by atoms with Gasteiger partial charge < -0.3 is 15.8 Å². The van der Waals surface area contributed by atoms with Crippen molar-refractivity contribution in [2.75, 3.05) is 12.3 Å². The Labute approximate surface area is 134 Å². The third-order valence-electron chi connectivity index (χ3n) is 3.80. The number of halogens is 3. The zero-order chi connectivity index (χ0) is 17.3. The molecule has 2 atom stereocenters. The summed E-state index contributed by atoms with van der Waals surface area (Å²) >= 11 is 0.357. The van der Waals surface area contributed by atoms with Crippen molar-refractivity contribution in [3.63, 3.8) is 0 Å². The maximum absolute atomic E-state index is 13.0. The summed E-state index contributed by atoms with van der Waals surface area (Å²) in [6.45, 7) is 0.541. The molecule has 1 saturated heterocycles. The monoisotopic (exact) mass is 354 g/mol. The molecule has 3 N–H and O–H groups in total. The van der Waals surface area contributed by atoms with Gasteiger partial charge in [0.05, 0.1) is 5.54 Å². The van der Waals surface area contributed by atoms with Gasteiger partial charge in [0.25, 0.3) is 0 Å². The number of carbonyl (C=O) groups excluding carboxylic acids is 3. The number of esters is 2. The van der Waals surface area contributed by atoms with E-state index in [4.69, 9.17) is 5.73 Å². The number of nitrogens with two attached hydrogens (primary N) is 1. The van der Waals surface area contributed by atoms with E-state index in [2.05, 4.69) is 10.1 Å². The summed E-state index contributed by atoms with van der Waals surface area (Å²) in [4.78, 5) is 35.0. The summed E-state index contributed by atoms with van der Waals surface area (Å²) in [6.07, 6.45) is -2.97. The molecule has 0 radical (unpaired) electrons. The summed E-state index contributed by atoms with van der Waals surface area (Å²) in [5, 5.41) is 2.15. The largest absolute Gasteiger partial charge is 0.403 e. The first-order chi connectivity index (χ1) is 10.6. The van der Waals surface area contributed by atoms with Crippen LogP contribution in [0.3, 0.4) is 0 Å². The number of carbonyl (C=O) groups is 3. The van der Waals surface area contributed by atoms with Crippen molar-refractivity contribution in [3.8, 4) is 0 Å². The van der Waals surface area contributed by atoms with Gasteiger partial charge in [-0.25, -0.2) is 4.79 Å². The standard InChI is InChI=1S/C13H17F3N2O4S/c14-13(15,16)7(6-23-11(21)12(17)3-4-12)9(19)22-10(20)8-2-1-5-18-8/h7-8,18H,1-6,17H2/t7?,8-/m0/s1. The Morgan fingerprint density at radius 2 is 2.00 bits per heavy atom. The zero-order valence-electron chi connectivity index (χ0n) is 12.1. The molecule has 130 valence electrons. The Morgan fingerprint density at radius 3 is 2.48 bits per heavy atom. The molecule has 2 fully saturated rings. The minimum absolute atomic E-state index is 0.357. The Bertz CT molecular complexity index is 502. The Kier molecular flexibility index (Phi) is 5.37. The summed E-state index contributed by atoms with van der Waals surface area (Å²) in [5.41, 5.74) is 4.52. The lowest BCUT2D eigenvalue weighted by atomic mass is 10.2. The van der Waals surface area contributed by atoms with E-state index in [0.717, 1.165) is 0 Å². The highest BCUT2D eigenvalue weighted by Crippen LogP contribution is 2.39. The molecule has 1 heterocycles. The average Bonchev–Trinajstić information content (AvgIpc) is 2.99. The van der Waals surface area contributed by atoms with Crippen LogP contribution in [0, 0.1) is 5.92 Å². The number of thioether (sulfide) groups is 1. The second-order valence-electron chi connectivity index (χ2n) is 5.74. The molecule has 6 nitrogen and oxygen atoms in total. The lowest BCUT2D eigenvalue weighted by molar-refractivity contribution is -0.195. The Balaban J connectivity index is 1.92. The van der Waals surface area contributed by atoms with Gasteiger partial charge in [-0.2, -0.15) is 13.2 Å². The van der Waals surface area contributed by atoms with Crippen LogP contribution in [-0.2, 0) is 19.1 Å². The normalized spacial score (nSPS) is 24.1. The minimum atomic E-state index is -4.90. The van der Waals surface area contributed by atoms with Crippen LogP contribution in [0.2, 0.25) is 0 Å². The summed E-state index contributed by atoms with van der Waals surface area (Å²) in [5.74, 6) is -6.08. The van der Waals surface area contributed by atoms with E-state index in [9.17, 15) is 27.6 Å². The van der Waals surface area contributed by atoms with E-state index < -0.39 is 46.5 Å². The zero-order valence-corrected chi connectivity index (χ0v) is 13.0. The van der Waals surface area contributed by atoms with Gasteiger partial charge in [-0.15, -0.1) is 0 Å². The van der Waals surface area contributed by atoms with E-state index in [-0.39, 0.29) is 0 Å². The fraction of sp³-hybridized carbons (Fsp3) is 0.769. The topological polar surface area (TPSA) is 98.5 Å². The van der Waals surface area contributed by atoms with Crippen LogP contribution >= 0.6 is 11.8 Å². The molecule has 0 amide bonds. The van der Waals surface area contributed by atoms with Crippen LogP contribution in [0.15, 0.2) is 0 Å². The van der Waals surface area contributed by atoms with Gasteiger partial charge in [0.2, 0.25) is 5.12 Å². The van der Waals surface area contributed by atoms with Crippen molar-refractivity contribution < 1.29 is 32.3 Å². The molecule has 1 unspecified atom stereocenters. The van der Waals surface area contributed by atoms with Crippen LogP contribution in [-0.4, -0.2) is 47.1 Å². The molecular weight excluding hydrogens is 337 g/mol. The van der Waals surface area contributed by atoms with Crippen LogP contribution in [0.1, 0.15) is 25.7 Å². The maximum atomic E-state index is 13.0. The predicted molar refractivity (Wildman–Crippen MR) is 75.3 cm³/mol. The number of hydrogen-bond donors (Lipinski definition) is 2. The highest BCUT2D eigenvalue weighted by atomic mass is 32.2. The van der Waals surface area contributed by atoms with Crippen LogP contribution in [0.4, 0.5) is 13.2 Å². The maximum Gasteiger partial charge on any atom is 0.403 e. The highest BCUT2D eigenvalue weighted by Gasteiger charge is 2.50. The smallest absolute Gasteiger partial charge is 0.391 e. The van der Waals surface area contributed by atoms with Crippen molar-refractivity contribution in [1.82, 2.24) is 5.32 Å². The fourth-order valence-corrected chi connectivity index (χ4v) is 3.20. The molecule has 2 rings (SSSR count). The van der Waals surface area contributed by atoms with Crippen LogP contribution < -0.4 is 11.1 Å². The second kappa shape index (κ2) is 6.78. The van der Waals surface area contributed by atoms with Crippen molar-refractivity contribution >= 4 is 28.8 Å². The fourth-order valence-electron chi connectivity index (χ4n) is 2.06. The molecule has 1 saturated carbocycles. The number of hydrogen-bond acceptors (Lipinski definition) is 7. The van der Waals surface area contributed by atoms with Gasteiger partial charge in [-0.3, -0.25) is 9.59 Å². The molecular formula is C13H17F3N2O4S. The number of nitrogens with one attached hydrogen (secondary N) is 1. The predicted octanol–water partition coefficient (Wildman–Crippen LogP) is 0.738.